The average molecular weight is 183 g/mol. The average Bonchev–Trinajstić information content (AvgIpc) is 3.01. The molecule has 1 aliphatic heterocycles. The molecule has 3 aliphatic rings. The first-order chi connectivity index (χ1) is 6.20. The van der Waals surface area contributed by atoms with E-state index in [1.807, 2.05) is 0 Å². The number of ether oxygens (including phenoxy) is 1. The fourth-order valence-corrected chi connectivity index (χ4v) is 2.75. The Hall–Kier alpha value is -0.120. The Morgan fingerprint density at radius 2 is 2.00 bits per heavy atom. The van der Waals surface area contributed by atoms with Crippen LogP contribution in [0.15, 0.2) is 0 Å². The molecule has 0 aromatic rings. The number of aliphatic hydroxyl groups is 1. The zero-order chi connectivity index (χ0) is 9.10. The lowest BCUT2D eigenvalue weighted by atomic mass is 9.89. The number of piperidine rings is 1. The minimum Gasteiger partial charge on any atom is -0.388 e. The van der Waals surface area contributed by atoms with Crippen LogP contribution in [0.4, 0.5) is 0 Å². The van der Waals surface area contributed by atoms with Crippen LogP contribution in [-0.4, -0.2) is 35.5 Å². The van der Waals surface area contributed by atoms with E-state index in [-0.39, 0.29) is 17.7 Å². The summed E-state index contributed by atoms with van der Waals surface area (Å²) < 4.78 is 5.36. The summed E-state index contributed by atoms with van der Waals surface area (Å²) in [6, 6.07) is 0. The normalized spacial score (nSPS) is 43.8. The smallest absolute Gasteiger partial charge is 0.0983 e. The molecule has 0 bridgehead atoms. The van der Waals surface area contributed by atoms with Crippen molar-refractivity contribution in [1.29, 1.82) is 0 Å². The highest BCUT2D eigenvalue weighted by atomic mass is 16.5. The van der Waals surface area contributed by atoms with Crippen molar-refractivity contribution in [2.24, 2.45) is 0 Å². The Labute approximate surface area is 78.5 Å². The molecule has 1 saturated heterocycles. The number of methoxy groups -OCH3 is 1. The lowest BCUT2D eigenvalue weighted by Crippen LogP contribution is -2.60. The molecule has 0 aromatic heterocycles. The van der Waals surface area contributed by atoms with Crippen LogP contribution in [0.2, 0.25) is 0 Å². The first-order valence-corrected chi connectivity index (χ1v) is 5.20. The molecule has 0 amide bonds. The molecule has 0 unspecified atom stereocenters. The first kappa shape index (κ1) is 8.21. The lowest BCUT2D eigenvalue weighted by Gasteiger charge is -2.40. The minimum atomic E-state index is -0.288. The van der Waals surface area contributed by atoms with Crippen molar-refractivity contribution in [2.45, 2.75) is 55.4 Å². The lowest BCUT2D eigenvalue weighted by molar-refractivity contribution is -0.0728. The van der Waals surface area contributed by atoms with Crippen LogP contribution < -0.4 is 5.32 Å². The van der Waals surface area contributed by atoms with Gasteiger partial charge in [0.2, 0.25) is 0 Å². The fourth-order valence-electron chi connectivity index (χ4n) is 2.75. The van der Waals surface area contributed by atoms with Crippen molar-refractivity contribution in [2.75, 3.05) is 7.11 Å². The molecule has 2 atom stereocenters. The van der Waals surface area contributed by atoms with Crippen molar-refractivity contribution < 1.29 is 9.84 Å². The van der Waals surface area contributed by atoms with Crippen LogP contribution in [-0.2, 0) is 4.74 Å². The highest BCUT2D eigenvalue weighted by molar-refractivity contribution is 5.22. The Bertz CT molecular complexity index is 233. The van der Waals surface area contributed by atoms with E-state index in [0.29, 0.717) is 5.54 Å². The van der Waals surface area contributed by atoms with Gasteiger partial charge in [0.1, 0.15) is 0 Å². The maximum absolute atomic E-state index is 10.0. The second-order valence-electron chi connectivity index (χ2n) is 4.98. The van der Waals surface area contributed by atoms with Crippen molar-refractivity contribution in [3.8, 4) is 0 Å². The predicted octanol–water partition coefficient (Wildman–Crippen LogP) is 0.421. The van der Waals surface area contributed by atoms with Gasteiger partial charge in [0.15, 0.2) is 0 Å². The van der Waals surface area contributed by atoms with E-state index in [2.05, 4.69) is 5.32 Å². The van der Waals surface area contributed by atoms with Crippen LogP contribution >= 0.6 is 0 Å². The Morgan fingerprint density at radius 3 is 2.46 bits per heavy atom. The SMILES string of the molecule is CO[C@H]1CC2(CC2)NC2(CC2)[C@H]1O. The van der Waals surface area contributed by atoms with E-state index >= 15 is 0 Å². The predicted molar refractivity (Wildman–Crippen MR) is 48.5 cm³/mol. The summed E-state index contributed by atoms with van der Waals surface area (Å²) in [5.41, 5.74) is 0.381. The maximum Gasteiger partial charge on any atom is 0.0983 e. The Balaban J connectivity index is 1.83. The van der Waals surface area contributed by atoms with Gasteiger partial charge in [-0.25, -0.2) is 0 Å². The van der Waals surface area contributed by atoms with Crippen LogP contribution in [0.3, 0.4) is 0 Å². The third-order valence-corrected chi connectivity index (χ3v) is 3.97. The van der Waals surface area contributed by atoms with Gasteiger partial charge in [-0.2, -0.15) is 0 Å². The van der Waals surface area contributed by atoms with Crippen LogP contribution in [0.5, 0.6) is 0 Å². The third kappa shape index (κ3) is 1.07. The van der Waals surface area contributed by atoms with Gasteiger partial charge in [0.05, 0.1) is 12.2 Å². The van der Waals surface area contributed by atoms with Crippen LogP contribution in [0.25, 0.3) is 0 Å². The molecule has 0 radical (unpaired) electrons. The van der Waals surface area contributed by atoms with Gasteiger partial charge in [-0.1, -0.05) is 0 Å². The molecular formula is C10H17NO2. The number of hydrogen-bond acceptors (Lipinski definition) is 3. The zero-order valence-electron chi connectivity index (χ0n) is 8.05. The summed E-state index contributed by atoms with van der Waals surface area (Å²) in [5.74, 6) is 0. The Kier molecular flexibility index (Phi) is 1.43. The summed E-state index contributed by atoms with van der Waals surface area (Å²) >= 11 is 0. The molecule has 2 aliphatic carbocycles. The number of aliphatic hydroxyl groups excluding tert-OH is 1. The van der Waals surface area contributed by atoms with Gasteiger partial charge < -0.3 is 15.2 Å². The maximum atomic E-state index is 10.0. The largest absolute Gasteiger partial charge is 0.388 e. The van der Waals surface area contributed by atoms with Crippen LogP contribution in [0, 0.1) is 0 Å². The van der Waals surface area contributed by atoms with Crippen LogP contribution in [0.1, 0.15) is 32.1 Å². The Morgan fingerprint density at radius 1 is 1.31 bits per heavy atom. The van der Waals surface area contributed by atoms with E-state index in [0.717, 1.165) is 19.3 Å². The van der Waals surface area contributed by atoms with Gasteiger partial charge in [-0.15, -0.1) is 0 Å². The summed E-state index contributed by atoms with van der Waals surface area (Å²) in [5, 5.41) is 13.7. The summed E-state index contributed by atoms with van der Waals surface area (Å²) in [6.07, 6.45) is 5.54. The zero-order valence-corrected chi connectivity index (χ0v) is 8.05. The first-order valence-electron chi connectivity index (χ1n) is 5.20. The van der Waals surface area contributed by atoms with Crippen molar-refractivity contribution in [3.05, 3.63) is 0 Å². The quantitative estimate of drug-likeness (QED) is 0.619. The molecular weight excluding hydrogens is 166 g/mol. The molecule has 2 spiro atoms. The van der Waals surface area contributed by atoms with Crippen molar-refractivity contribution in [1.82, 2.24) is 5.32 Å². The molecule has 13 heavy (non-hydrogen) atoms. The van der Waals surface area contributed by atoms with E-state index in [9.17, 15) is 5.11 Å². The summed E-state index contributed by atoms with van der Waals surface area (Å²) in [4.78, 5) is 0. The van der Waals surface area contributed by atoms with Gasteiger partial charge >= 0.3 is 0 Å². The standard InChI is InChI=1S/C10H17NO2/c1-13-7-6-9(2-3-9)11-10(4-5-10)8(7)12/h7-8,11-12H,2-6H2,1H3/t7-,8-/m0/s1. The second-order valence-corrected chi connectivity index (χ2v) is 4.98. The number of hydrogen-bond donors (Lipinski definition) is 2. The fraction of sp³-hybridized carbons (Fsp3) is 1.00. The monoisotopic (exact) mass is 183 g/mol. The van der Waals surface area contributed by atoms with E-state index in [4.69, 9.17) is 4.74 Å². The van der Waals surface area contributed by atoms with Crippen molar-refractivity contribution >= 4 is 0 Å². The molecule has 3 rings (SSSR count). The molecule has 3 heteroatoms. The number of nitrogens with one attached hydrogen (secondary N) is 1. The van der Waals surface area contributed by atoms with E-state index in [1.165, 1.54) is 12.8 Å². The third-order valence-electron chi connectivity index (χ3n) is 3.97. The summed E-state index contributed by atoms with van der Waals surface area (Å²) in [7, 11) is 1.71. The molecule has 2 N–H and O–H groups in total. The molecule has 3 fully saturated rings. The van der Waals surface area contributed by atoms with Gasteiger partial charge in [0.25, 0.3) is 0 Å². The van der Waals surface area contributed by atoms with Gasteiger partial charge in [-0.05, 0) is 32.1 Å². The molecule has 74 valence electrons. The second kappa shape index (κ2) is 2.27. The highest BCUT2D eigenvalue weighted by Gasteiger charge is 2.63. The topological polar surface area (TPSA) is 41.5 Å². The number of rotatable bonds is 1. The summed E-state index contributed by atoms with van der Waals surface area (Å²) in [6.45, 7) is 0. The minimum absolute atomic E-state index is 0.0371. The molecule has 1 heterocycles. The molecule has 3 nitrogen and oxygen atoms in total. The van der Waals surface area contributed by atoms with Gasteiger partial charge in [-0.3, -0.25) is 0 Å². The van der Waals surface area contributed by atoms with Gasteiger partial charge in [0, 0.05) is 18.2 Å². The molecule has 0 aromatic carbocycles. The highest BCUT2D eigenvalue weighted by Crippen LogP contribution is 2.53. The molecule has 2 saturated carbocycles. The van der Waals surface area contributed by atoms with Crippen molar-refractivity contribution in [3.63, 3.8) is 0 Å². The van der Waals surface area contributed by atoms with E-state index in [1.54, 1.807) is 7.11 Å². The van der Waals surface area contributed by atoms with E-state index < -0.39 is 0 Å².